The quantitative estimate of drug-likeness (QED) is 0.683. The van der Waals surface area contributed by atoms with Crippen LogP contribution in [-0.4, -0.2) is 33.5 Å². The molecule has 3 nitrogen and oxygen atoms in total. The van der Waals surface area contributed by atoms with Crippen LogP contribution in [0.15, 0.2) is 0 Å². The molecule has 0 aromatic heterocycles. The first-order chi connectivity index (χ1) is 5.83. The van der Waals surface area contributed by atoms with Crippen LogP contribution in [0.4, 0.5) is 0 Å². The summed E-state index contributed by atoms with van der Waals surface area (Å²) in [5.41, 5.74) is 5.95. The Labute approximate surface area is 74.2 Å². The van der Waals surface area contributed by atoms with E-state index < -0.39 is 0 Å². The fourth-order valence-electron chi connectivity index (χ4n) is 1.69. The smallest absolute Gasteiger partial charge is 0.0535 e. The highest BCUT2D eigenvalue weighted by Gasteiger charge is 2.30. The van der Waals surface area contributed by atoms with Gasteiger partial charge in [0.15, 0.2) is 0 Å². The second-order valence-electron chi connectivity index (χ2n) is 3.60. The summed E-state index contributed by atoms with van der Waals surface area (Å²) in [6, 6.07) is 0. The Hall–Kier alpha value is -0.120. The van der Waals surface area contributed by atoms with Crippen molar-refractivity contribution in [3.63, 3.8) is 0 Å². The SMILES string of the molecule is COCCC1(CN)CCCOC1. The lowest BCUT2D eigenvalue weighted by Crippen LogP contribution is -2.39. The molecule has 1 unspecified atom stereocenters. The van der Waals surface area contributed by atoms with Crippen molar-refractivity contribution in [2.75, 3.05) is 33.5 Å². The topological polar surface area (TPSA) is 44.5 Å². The van der Waals surface area contributed by atoms with E-state index in [-0.39, 0.29) is 5.41 Å². The molecule has 0 amide bonds. The zero-order valence-electron chi connectivity index (χ0n) is 7.84. The first-order valence-corrected chi connectivity index (χ1v) is 4.60. The molecule has 1 aliphatic rings. The van der Waals surface area contributed by atoms with Gasteiger partial charge in [0.1, 0.15) is 0 Å². The van der Waals surface area contributed by atoms with Crippen molar-refractivity contribution in [2.45, 2.75) is 19.3 Å². The molecule has 1 heterocycles. The van der Waals surface area contributed by atoms with E-state index in [4.69, 9.17) is 15.2 Å². The second kappa shape index (κ2) is 4.80. The van der Waals surface area contributed by atoms with E-state index in [0.717, 1.165) is 39.2 Å². The second-order valence-corrected chi connectivity index (χ2v) is 3.60. The van der Waals surface area contributed by atoms with E-state index in [9.17, 15) is 0 Å². The normalized spacial score (nSPS) is 30.5. The van der Waals surface area contributed by atoms with Gasteiger partial charge >= 0.3 is 0 Å². The van der Waals surface area contributed by atoms with Gasteiger partial charge in [0.25, 0.3) is 0 Å². The molecule has 1 aliphatic heterocycles. The number of nitrogens with two attached hydrogens (primary N) is 1. The molecule has 12 heavy (non-hydrogen) atoms. The first kappa shape index (κ1) is 9.96. The average molecular weight is 173 g/mol. The van der Waals surface area contributed by atoms with E-state index in [0.29, 0.717) is 0 Å². The van der Waals surface area contributed by atoms with Gasteiger partial charge in [-0.2, -0.15) is 0 Å². The van der Waals surface area contributed by atoms with Crippen molar-refractivity contribution >= 4 is 0 Å². The van der Waals surface area contributed by atoms with E-state index in [1.54, 1.807) is 7.11 Å². The van der Waals surface area contributed by atoms with E-state index >= 15 is 0 Å². The summed E-state index contributed by atoms with van der Waals surface area (Å²) in [5.74, 6) is 0. The predicted octanol–water partition coefficient (Wildman–Crippen LogP) is 0.778. The van der Waals surface area contributed by atoms with Crippen molar-refractivity contribution < 1.29 is 9.47 Å². The molecule has 2 N–H and O–H groups in total. The third-order valence-corrected chi connectivity index (χ3v) is 2.67. The van der Waals surface area contributed by atoms with Gasteiger partial charge in [0, 0.05) is 32.3 Å². The van der Waals surface area contributed by atoms with Gasteiger partial charge in [-0.3, -0.25) is 0 Å². The highest BCUT2D eigenvalue weighted by Crippen LogP contribution is 2.30. The van der Waals surface area contributed by atoms with Crippen molar-refractivity contribution in [3.05, 3.63) is 0 Å². The summed E-state index contributed by atoms with van der Waals surface area (Å²) >= 11 is 0. The summed E-state index contributed by atoms with van der Waals surface area (Å²) in [7, 11) is 1.73. The number of ether oxygens (including phenoxy) is 2. The first-order valence-electron chi connectivity index (χ1n) is 4.60. The maximum Gasteiger partial charge on any atom is 0.0535 e. The van der Waals surface area contributed by atoms with E-state index in [2.05, 4.69) is 0 Å². The number of methoxy groups -OCH3 is 1. The third kappa shape index (κ3) is 2.44. The lowest BCUT2D eigenvalue weighted by Gasteiger charge is -2.35. The van der Waals surface area contributed by atoms with Crippen LogP contribution in [0.25, 0.3) is 0 Å². The van der Waals surface area contributed by atoms with Crippen LogP contribution in [-0.2, 0) is 9.47 Å². The van der Waals surface area contributed by atoms with Crippen molar-refractivity contribution in [1.82, 2.24) is 0 Å². The molecular formula is C9H19NO2. The zero-order chi connectivity index (χ0) is 8.86. The van der Waals surface area contributed by atoms with Crippen LogP contribution in [0.3, 0.4) is 0 Å². The molecule has 1 atom stereocenters. The molecule has 0 aliphatic carbocycles. The lowest BCUT2D eigenvalue weighted by molar-refractivity contribution is -0.0187. The summed E-state index contributed by atoms with van der Waals surface area (Å²) in [6.45, 7) is 3.22. The molecule has 72 valence electrons. The fourth-order valence-corrected chi connectivity index (χ4v) is 1.69. The molecule has 1 rings (SSSR count). The Morgan fingerprint density at radius 2 is 2.42 bits per heavy atom. The third-order valence-electron chi connectivity index (χ3n) is 2.67. The predicted molar refractivity (Wildman–Crippen MR) is 48.0 cm³/mol. The number of hydrogen-bond donors (Lipinski definition) is 1. The van der Waals surface area contributed by atoms with Crippen LogP contribution in [0.2, 0.25) is 0 Å². The van der Waals surface area contributed by atoms with Gasteiger partial charge in [-0.05, 0) is 19.3 Å². The average Bonchev–Trinajstić information content (AvgIpc) is 2.16. The number of hydrogen-bond acceptors (Lipinski definition) is 3. The van der Waals surface area contributed by atoms with Gasteiger partial charge in [-0.1, -0.05) is 0 Å². The summed E-state index contributed by atoms with van der Waals surface area (Å²) in [6.07, 6.45) is 3.35. The molecule has 1 fully saturated rings. The minimum absolute atomic E-state index is 0.203. The zero-order valence-corrected chi connectivity index (χ0v) is 7.84. The molecule has 0 radical (unpaired) electrons. The Morgan fingerprint density at radius 1 is 1.58 bits per heavy atom. The molecule has 0 saturated carbocycles. The lowest BCUT2D eigenvalue weighted by atomic mass is 9.80. The van der Waals surface area contributed by atoms with Gasteiger partial charge in [0.05, 0.1) is 6.61 Å². The Bertz CT molecular complexity index is 122. The molecule has 0 spiro atoms. The molecule has 0 bridgehead atoms. The van der Waals surface area contributed by atoms with Crippen molar-refractivity contribution in [3.8, 4) is 0 Å². The van der Waals surface area contributed by atoms with Crippen LogP contribution < -0.4 is 5.73 Å². The monoisotopic (exact) mass is 173 g/mol. The Kier molecular flexibility index (Phi) is 3.98. The van der Waals surface area contributed by atoms with E-state index in [1.807, 2.05) is 0 Å². The Balaban J connectivity index is 2.37. The maximum atomic E-state index is 5.74. The fraction of sp³-hybridized carbons (Fsp3) is 1.00. The van der Waals surface area contributed by atoms with Crippen molar-refractivity contribution in [2.24, 2.45) is 11.1 Å². The number of rotatable bonds is 4. The van der Waals surface area contributed by atoms with E-state index in [1.165, 1.54) is 6.42 Å². The highest BCUT2D eigenvalue weighted by molar-refractivity contribution is 4.82. The van der Waals surface area contributed by atoms with Gasteiger partial charge in [-0.25, -0.2) is 0 Å². The Morgan fingerprint density at radius 3 is 2.92 bits per heavy atom. The molecule has 1 saturated heterocycles. The standard InChI is InChI=1S/C9H19NO2/c1-11-6-4-9(7-10)3-2-5-12-8-9/h2-8,10H2,1H3. The minimum Gasteiger partial charge on any atom is -0.385 e. The largest absolute Gasteiger partial charge is 0.385 e. The van der Waals surface area contributed by atoms with Crippen LogP contribution in [0, 0.1) is 5.41 Å². The molecule has 3 heteroatoms. The van der Waals surface area contributed by atoms with Gasteiger partial charge in [0.2, 0.25) is 0 Å². The van der Waals surface area contributed by atoms with Gasteiger partial charge in [-0.15, -0.1) is 0 Å². The maximum absolute atomic E-state index is 5.74. The van der Waals surface area contributed by atoms with Crippen LogP contribution in [0.1, 0.15) is 19.3 Å². The van der Waals surface area contributed by atoms with Crippen molar-refractivity contribution in [1.29, 1.82) is 0 Å². The summed E-state index contributed by atoms with van der Waals surface area (Å²) < 4.78 is 10.5. The van der Waals surface area contributed by atoms with Crippen LogP contribution in [0.5, 0.6) is 0 Å². The summed E-state index contributed by atoms with van der Waals surface area (Å²) in [4.78, 5) is 0. The minimum atomic E-state index is 0.203. The summed E-state index contributed by atoms with van der Waals surface area (Å²) in [5, 5.41) is 0. The highest BCUT2D eigenvalue weighted by atomic mass is 16.5. The molecule has 0 aromatic carbocycles. The molecule has 0 aromatic rings. The molecular weight excluding hydrogens is 154 g/mol. The van der Waals surface area contributed by atoms with Crippen LogP contribution >= 0.6 is 0 Å². The van der Waals surface area contributed by atoms with Gasteiger partial charge < -0.3 is 15.2 Å².